The summed E-state index contributed by atoms with van der Waals surface area (Å²) in [5.41, 5.74) is 1.10. The molecule has 30 heavy (non-hydrogen) atoms. The van der Waals surface area contributed by atoms with Gasteiger partial charge < -0.3 is 19.7 Å². The minimum atomic E-state index is 0.638. The molecule has 1 unspecified atom stereocenters. The average Bonchev–Trinajstić information content (AvgIpc) is 3.27. The Hall–Kier alpha value is -2.25. The highest BCUT2D eigenvalue weighted by molar-refractivity contribution is 7.09. The van der Waals surface area contributed by atoms with Crippen molar-refractivity contribution in [1.82, 2.24) is 15.1 Å². The third-order valence-electron chi connectivity index (χ3n) is 5.59. The molecule has 6 nitrogen and oxygen atoms in total. The van der Waals surface area contributed by atoms with Crippen LogP contribution in [0.1, 0.15) is 23.3 Å². The van der Waals surface area contributed by atoms with E-state index in [1.807, 2.05) is 36.6 Å². The number of nitrogens with one attached hydrogen (secondary N) is 1. The monoisotopic (exact) mass is 430 g/mol. The third-order valence-corrected chi connectivity index (χ3v) is 6.45. The van der Waals surface area contributed by atoms with E-state index >= 15 is 0 Å². The minimum Gasteiger partial charge on any atom is -0.497 e. The SMILES string of the molecule is CN=C(NCC1CCCN(Cc2cccs2)C1)N(C)Cc1ccc(OC)cc1OC. The number of nitrogens with zero attached hydrogens (tertiary/aromatic N) is 3. The number of rotatable bonds is 8. The summed E-state index contributed by atoms with van der Waals surface area (Å²) in [7, 11) is 7.26. The Balaban J connectivity index is 1.52. The molecule has 0 bridgehead atoms. The molecule has 1 atom stereocenters. The highest BCUT2D eigenvalue weighted by Crippen LogP contribution is 2.25. The first-order valence-corrected chi connectivity index (χ1v) is 11.4. The van der Waals surface area contributed by atoms with E-state index in [4.69, 9.17) is 9.47 Å². The summed E-state index contributed by atoms with van der Waals surface area (Å²) in [6, 6.07) is 10.3. The maximum atomic E-state index is 5.54. The van der Waals surface area contributed by atoms with Crippen LogP contribution in [0.5, 0.6) is 11.5 Å². The van der Waals surface area contributed by atoms with Gasteiger partial charge in [0.25, 0.3) is 0 Å². The van der Waals surface area contributed by atoms with Crippen molar-refractivity contribution in [3.63, 3.8) is 0 Å². The van der Waals surface area contributed by atoms with Gasteiger partial charge in [-0.1, -0.05) is 6.07 Å². The zero-order chi connectivity index (χ0) is 21.3. The number of methoxy groups -OCH3 is 2. The minimum absolute atomic E-state index is 0.638. The molecule has 1 aromatic heterocycles. The fourth-order valence-electron chi connectivity index (χ4n) is 4.02. The maximum absolute atomic E-state index is 5.54. The molecule has 1 aliphatic rings. The topological polar surface area (TPSA) is 49.3 Å². The van der Waals surface area contributed by atoms with Crippen LogP contribution < -0.4 is 14.8 Å². The average molecular weight is 431 g/mol. The van der Waals surface area contributed by atoms with E-state index in [0.29, 0.717) is 12.5 Å². The van der Waals surface area contributed by atoms with Gasteiger partial charge in [-0.3, -0.25) is 9.89 Å². The summed E-state index contributed by atoms with van der Waals surface area (Å²) in [5, 5.41) is 5.75. The van der Waals surface area contributed by atoms with Crippen LogP contribution in [0.15, 0.2) is 40.7 Å². The number of ether oxygens (including phenoxy) is 2. The lowest BCUT2D eigenvalue weighted by Gasteiger charge is -2.33. The number of aliphatic imine (C=N–C) groups is 1. The number of thiophene rings is 1. The quantitative estimate of drug-likeness (QED) is 0.511. The number of benzene rings is 1. The van der Waals surface area contributed by atoms with E-state index in [1.54, 1.807) is 14.2 Å². The van der Waals surface area contributed by atoms with Crippen molar-refractivity contribution in [2.45, 2.75) is 25.9 Å². The van der Waals surface area contributed by atoms with Gasteiger partial charge in [-0.05, 0) is 48.9 Å². The molecule has 1 aromatic carbocycles. The largest absolute Gasteiger partial charge is 0.497 e. The van der Waals surface area contributed by atoms with Crippen molar-refractivity contribution in [3.05, 3.63) is 46.2 Å². The van der Waals surface area contributed by atoms with Gasteiger partial charge in [0.1, 0.15) is 11.5 Å². The molecule has 1 fully saturated rings. The van der Waals surface area contributed by atoms with E-state index in [9.17, 15) is 0 Å². The molecule has 1 N–H and O–H groups in total. The molecule has 0 amide bonds. The highest BCUT2D eigenvalue weighted by atomic mass is 32.1. The summed E-state index contributed by atoms with van der Waals surface area (Å²) < 4.78 is 10.8. The van der Waals surface area contributed by atoms with E-state index in [-0.39, 0.29) is 0 Å². The predicted octanol–water partition coefficient (Wildman–Crippen LogP) is 3.68. The lowest BCUT2D eigenvalue weighted by Crippen LogP contribution is -2.44. The molecule has 2 heterocycles. The molecule has 0 radical (unpaired) electrons. The molecular weight excluding hydrogens is 396 g/mol. The van der Waals surface area contributed by atoms with Gasteiger partial charge in [-0.2, -0.15) is 0 Å². The molecule has 0 aliphatic carbocycles. The lowest BCUT2D eigenvalue weighted by molar-refractivity contribution is 0.169. The summed E-state index contributed by atoms with van der Waals surface area (Å²) in [6.07, 6.45) is 2.52. The Morgan fingerprint density at radius 1 is 1.30 bits per heavy atom. The van der Waals surface area contributed by atoms with E-state index in [2.05, 4.69) is 44.7 Å². The van der Waals surface area contributed by atoms with Gasteiger partial charge in [0, 0.05) is 56.8 Å². The molecule has 0 spiro atoms. The summed E-state index contributed by atoms with van der Waals surface area (Å²) in [4.78, 5) is 10.7. The van der Waals surface area contributed by atoms with Gasteiger partial charge in [-0.25, -0.2) is 0 Å². The Labute approximate surface area is 184 Å². The molecule has 0 saturated carbocycles. The maximum Gasteiger partial charge on any atom is 0.193 e. The van der Waals surface area contributed by atoms with Crippen LogP contribution in [-0.2, 0) is 13.1 Å². The second kappa shape index (κ2) is 11.2. The fraction of sp³-hybridized carbons (Fsp3) is 0.522. The van der Waals surface area contributed by atoms with E-state index in [1.165, 1.54) is 24.3 Å². The number of piperidine rings is 1. The third kappa shape index (κ3) is 6.12. The molecule has 1 saturated heterocycles. The molecule has 2 aromatic rings. The Bertz CT molecular complexity index is 810. The second-order valence-corrected chi connectivity index (χ2v) is 8.82. The number of hydrogen-bond acceptors (Lipinski definition) is 5. The fourth-order valence-corrected chi connectivity index (χ4v) is 4.76. The Morgan fingerprint density at radius 2 is 2.17 bits per heavy atom. The first-order chi connectivity index (χ1) is 14.6. The molecule has 7 heteroatoms. The normalized spacial score (nSPS) is 17.6. The molecule has 1 aliphatic heterocycles. The summed E-state index contributed by atoms with van der Waals surface area (Å²) in [5.74, 6) is 3.17. The molecule has 164 valence electrons. The first kappa shape index (κ1) is 22.4. The van der Waals surface area contributed by atoms with Gasteiger partial charge >= 0.3 is 0 Å². The van der Waals surface area contributed by atoms with Crippen molar-refractivity contribution in [1.29, 1.82) is 0 Å². The van der Waals surface area contributed by atoms with Crippen LogP contribution in [0.25, 0.3) is 0 Å². The predicted molar refractivity (Wildman–Crippen MR) is 125 cm³/mol. The summed E-state index contributed by atoms with van der Waals surface area (Å²) in [6.45, 7) is 5.05. The highest BCUT2D eigenvalue weighted by Gasteiger charge is 2.21. The van der Waals surface area contributed by atoms with Crippen LogP contribution in [0.2, 0.25) is 0 Å². The van der Waals surface area contributed by atoms with Gasteiger partial charge in [0.05, 0.1) is 14.2 Å². The second-order valence-electron chi connectivity index (χ2n) is 7.78. The lowest BCUT2D eigenvalue weighted by atomic mass is 9.98. The number of hydrogen-bond donors (Lipinski definition) is 1. The number of likely N-dealkylation sites (tertiary alicyclic amines) is 1. The molecule has 3 rings (SSSR count). The van der Waals surface area contributed by atoms with Crippen LogP contribution >= 0.6 is 11.3 Å². The van der Waals surface area contributed by atoms with E-state index < -0.39 is 0 Å². The van der Waals surface area contributed by atoms with Crippen LogP contribution in [0, 0.1) is 5.92 Å². The van der Waals surface area contributed by atoms with Gasteiger partial charge in [0.2, 0.25) is 0 Å². The zero-order valence-electron chi connectivity index (χ0n) is 18.6. The Kier molecular flexibility index (Phi) is 8.39. The van der Waals surface area contributed by atoms with Gasteiger partial charge in [0.15, 0.2) is 5.96 Å². The van der Waals surface area contributed by atoms with Crippen molar-refractivity contribution in [2.24, 2.45) is 10.9 Å². The standard InChI is InChI=1S/C23H34N4O2S/c1-24-23(26(2)16-19-9-10-20(28-3)13-22(19)29-4)25-14-18-7-5-11-27(15-18)17-21-8-6-12-30-21/h6,8-10,12-13,18H,5,7,11,14-17H2,1-4H3,(H,24,25). The zero-order valence-corrected chi connectivity index (χ0v) is 19.4. The summed E-state index contributed by atoms with van der Waals surface area (Å²) >= 11 is 1.85. The van der Waals surface area contributed by atoms with Gasteiger partial charge in [-0.15, -0.1) is 11.3 Å². The van der Waals surface area contributed by atoms with Crippen LogP contribution in [0.3, 0.4) is 0 Å². The first-order valence-electron chi connectivity index (χ1n) is 10.5. The Morgan fingerprint density at radius 3 is 2.87 bits per heavy atom. The van der Waals surface area contributed by atoms with E-state index in [0.717, 1.165) is 42.7 Å². The smallest absolute Gasteiger partial charge is 0.193 e. The van der Waals surface area contributed by atoms with Crippen molar-refractivity contribution >= 4 is 17.3 Å². The van der Waals surface area contributed by atoms with Crippen LogP contribution in [-0.4, -0.2) is 63.7 Å². The van der Waals surface area contributed by atoms with Crippen molar-refractivity contribution in [3.8, 4) is 11.5 Å². The van der Waals surface area contributed by atoms with Crippen molar-refractivity contribution < 1.29 is 9.47 Å². The van der Waals surface area contributed by atoms with Crippen molar-refractivity contribution in [2.75, 3.05) is 47.9 Å². The van der Waals surface area contributed by atoms with Crippen LogP contribution in [0.4, 0.5) is 0 Å². The molecular formula is C23H34N4O2S. The number of guanidine groups is 1.